The first-order valence-corrected chi connectivity index (χ1v) is 11.0. The third-order valence-corrected chi connectivity index (χ3v) is 5.94. The minimum atomic E-state index is -0.322. The van der Waals surface area contributed by atoms with Crippen molar-refractivity contribution in [2.24, 2.45) is 5.92 Å². The van der Waals surface area contributed by atoms with Crippen molar-refractivity contribution in [3.05, 3.63) is 69.7 Å². The van der Waals surface area contributed by atoms with Gasteiger partial charge in [0, 0.05) is 17.5 Å². The quantitative estimate of drug-likeness (QED) is 0.528. The van der Waals surface area contributed by atoms with E-state index in [1.54, 1.807) is 22.8 Å². The normalized spacial score (nSPS) is 14.6. The minimum absolute atomic E-state index is 0.112. The van der Waals surface area contributed by atoms with Crippen molar-refractivity contribution in [1.29, 1.82) is 0 Å². The fraction of sp³-hybridized carbons (Fsp3) is 0.375. The van der Waals surface area contributed by atoms with E-state index in [-0.39, 0.29) is 23.4 Å². The van der Waals surface area contributed by atoms with Crippen molar-refractivity contribution in [2.75, 3.05) is 6.54 Å². The first kappa shape index (κ1) is 20.6. The lowest BCUT2D eigenvalue weighted by Crippen LogP contribution is -2.38. The van der Waals surface area contributed by atoms with Crippen LogP contribution in [0.5, 0.6) is 0 Å². The van der Waals surface area contributed by atoms with Gasteiger partial charge in [0.05, 0.1) is 22.6 Å². The number of amides is 1. The van der Waals surface area contributed by atoms with Gasteiger partial charge in [-0.15, -0.1) is 0 Å². The molecule has 0 N–H and O–H groups in total. The van der Waals surface area contributed by atoms with Crippen LogP contribution in [0.25, 0.3) is 16.6 Å². The summed E-state index contributed by atoms with van der Waals surface area (Å²) in [6.45, 7) is 4.75. The molecule has 0 aliphatic heterocycles. The molecule has 1 amide bonds. The summed E-state index contributed by atoms with van der Waals surface area (Å²) in [6.07, 6.45) is 3.81. The standard InChI is InChI=1S/C24H26ClN3O2/c1-3-4-15-27(23(29)17-9-10-17)16(2)22-26-21-8-6-5-7-20(21)24(30)28(22)19-13-11-18(25)12-14-19/h5-8,11-14,16-17H,3-4,9-10,15H2,1-2H3. The van der Waals surface area contributed by atoms with Gasteiger partial charge in [0.15, 0.2) is 0 Å². The van der Waals surface area contributed by atoms with Crippen LogP contribution in [0.4, 0.5) is 0 Å². The highest BCUT2D eigenvalue weighted by Gasteiger charge is 2.36. The molecule has 0 spiro atoms. The summed E-state index contributed by atoms with van der Waals surface area (Å²) in [5.74, 6) is 0.854. The van der Waals surface area contributed by atoms with Gasteiger partial charge in [-0.3, -0.25) is 14.2 Å². The number of hydrogen-bond donors (Lipinski definition) is 0. The SMILES string of the molecule is CCCCN(C(=O)C1CC1)C(C)c1nc2ccccc2c(=O)n1-c1ccc(Cl)cc1. The number of unbranched alkanes of at least 4 members (excludes halogenated alkanes) is 1. The van der Waals surface area contributed by atoms with Gasteiger partial charge in [-0.1, -0.05) is 37.1 Å². The van der Waals surface area contributed by atoms with Gasteiger partial charge in [0.2, 0.25) is 5.91 Å². The Hall–Kier alpha value is -2.66. The number of carbonyl (C=O) groups is 1. The van der Waals surface area contributed by atoms with Crippen LogP contribution >= 0.6 is 11.6 Å². The van der Waals surface area contributed by atoms with Gasteiger partial charge in [-0.2, -0.15) is 0 Å². The largest absolute Gasteiger partial charge is 0.333 e. The monoisotopic (exact) mass is 423 g/mol. The van der Waals surface area contributed by atoms with Crippen LogP contribution in [0, 0.1) is 5.92 Å². The number of benzene rings is 2. The van der Waals surface area contributed by atoms with Crippen molar-refractivity contribution in [2.45, 2.75) is 45.6 Å². The summed E-state index contributed by atoms with van der Waals surface area (Å²) in [5.41, 5.74) is 1.20. The number of carbonyl (C=O) groups excluding carboxylic acids is 1. The van der Waals surface area contributed by atoms with Crippen LogP contribution in [-0.2, 0) is 4.79 Å². The van der Waals surface area contributed by atoms with E-state index in [1.165, 1.54) is 0 Å². The summed E-state index contributed by atoms with van der Waals surface area (Å²) in [5, 5.41) is 1.15. The van der Waals surface area contributed by atoms with Crippen LogP contribution in [0.3, 0.4) is 0 Å². The maximum atomic E-state index is 13.5. The van der Waals surface area contributed by atoms with Gasteiger partial charge in [0.1, 0.15) is 5.82 Å². The Kier molecular flexibility index (Phi) is 5.91. The summed E-state index contributed by atoms with van der Waals surface area (Å²) in [4.78, 5) is 33.3. The van der Waals surface area contributed by atoms with Crippen molar-refractivity contribution in [3.63, 3.8) is 0 Å². The molecule has 6 heteroatoms. The van der Waals surface area contributed by atoms with E-state index in [4.69, 9.17) is 16.6 Å². The number of aromatic nitrogens is 2. The molecule has 30 heavy (non-hydrogen) atoms. The highest BCUT2D eigenvalue weighted by molar-refractivity contribution is 6.30. The average Bonchev–Trinajstić information content (AvgIpc) is 3.60. The van der Waals surface area contributed by atoms with Crippen molar-refractivity contribution in [3.8, 4) is 5.69 Å². The smallest absolute Gasteiger partial charge is 0.266 e. The van der Waals surface area contributed by atoms with E-state index in [0.717, 1.165) is 25.7 Å². The fourth-order valence-electron chi connectivity index (χ4n) is 3.80. The third kappa shape index (κ3) is 3.99. The lowest BCUT2D eigenvalue weighted by molar-refractivity contribution is -0.135. The second-order valence-electron chi connectivity index (χ2n) is 7.94. The lowest BCUT2D eigenvalue weighted by atomic mass is 10.1. The number of nitrogens with zero attached hydrogens (tertiary/aromatic N) is 3. The van der Waals surface area contributed by atoms with Gasteiger partial charge < -0.3 is 4.90 Å². The topological polar surface area (TPSA) is 55.2 Å². The molecule has 2 aromatic carbocycles. The van der Waals surface area contributed by atoms with E-state index in [9.17, 15) is 9.59 Å². The zero-order chi connectivity index (χ0) is 21.3. The second-order valence-corrected chi connectivity index (χ2v) is 8.38. The maximum Gasteiger partial charge on any atom is 0.266 e. The molecule has 1 saturated carbocycles. The van der Waals surface area contributed by atoms with Crippen molar-refractivity contribution < 1.29 is 4.79 Å². The zero-order valence-corrected chi connectivity index (χ0v) is 18.1. The Labute approximate surface area is 181 Å². The molecule has 4 rings (SSSR count). The first-order valence-electron chi connectivity index (χ1n) is 10.6. The molecule has 3 aromatic rings. The average molecular weight is 424 g/mol. The number of fused-ring (bicyclic) bond motifs is 1. The minimum Gasteiger partial charge on any atom is -0.333 e. The second kappa shape index (κ2) is 8.60. The molecule has 1 heterocycles. The molecular formula is C24H26ClN3O2. The van der Waals surface area contributed by atoms with E-state index in [2.05, 4.69) is 6.92 Å². The predicted octanol–water partition coefficient (Wildman–Crippen LogP) is 5.14. The van der Waals surface area contributed by atoms with Crippen LogP contribution in [0.15, 0.2) is 53.3 Å². The zero-order valence-electron chi connectivity index (χ0n) is 17.3. The van der Waals surface area contributed by atoms with Crippen LogP contribution in [-0.4, -0.2) is 26.9 Å². The molecule has 1 aliphatic rings. The lowest BCUT2D eigenvalue weighted by Gasteiger charge is -2.30. The Morgan fingerprint density at radius 2 is 1.90 bits per heavy atom. The van der Waals surface area contributed by atoms with Gasteiger partial charge >= 0.3 is 0 Å². The Morgan fingerprint density at radius 3 is 2.57 bits per heavy atom. The molecule has 0 bridgehead atoms. The molecule has 1 atom stereocenters. The van der Waals surface area contributed by atoms with Crippen molar-refractivity contribution in [1.82, 2.24) is 14.5 Å². The predicted molar refractivity (Wildman–Crippen MR) is 120 cm³/mol. The summed E-state index contributed by atoms with van der Waals surface area (Å²) in [6, 6.07) is 14.2. The number of rotatable bonds is 7. The maximum absolute atomic E-state index is 13.5. The Balaban J connectivity index is 1.89. The Morgan fingerprint density at radius 1 is 1.20 bits per heavy atom. The Bertz CT molecular complexity index is 1120. The molecule has 1 unspecified atom stereocenters. The number of hydrogen-bond acceptors (Lipinski definition) is 3. The van der Waals surface area contributed by atoms with E-state index in [1.807, 2.05) is 42.2 Å². The van der Waals surface area contributed by atoms with E-state index >= 15 is 0 Å². The molecule has 0 saturated heterocycles. The molecule has 0 radical (unpaired) electrons. The van der Waals surface area contributed by atoms with Crippen LogP contribution in [0.1, 0.15) is 51.4 Å². The summed E-state index contributed by atoms with van der Waals surface area (Å²) >= 11 is 6.07. The third-order valence-electron chi connectivity index (χ3n) is 5.69. The molecule has 156 valence electrons. The van der Waals surface area contributed by atoms with E-state index in [0.29, 0.717) is 34.0 Å². The highest BCUT2D eigenvalue weighted by atomic mass is 35.5. The van der Waals surface area contributed by atoms with E-state index < -0.39 is 0 Å². The first-order chi connectivity index (χ1) is 14.5. The summed E-state index contributed by atoms with van der Waals surface area (Å²) in [7, 11) is 0. The molecule has 1 fully saturated rings. The molecule has 5 nitrogen and oxygen atoms in total. The highest BCUT2D eigenvalue weighted by Crippen LogP contribution is 2.34. The molecular weight excluding hydrogens is 398 g/mol. The van der Waals surface area contributed by atoms with Gasteiger partial charge in [-0.25, -0.2) is 4.98 Å². The summed E-state index contributed by atoms with van der Waals surface area (Å²) < 4.78 is 1.63. The fourth-order valence-corrected chi connectivity index (χ4v) is 3.92. The van der Waals surface area contributed by atoms with Crippen LogP contribution in [0.2, 0.25) is 5.02 Å². The van der Waals surface area contributed by atoms with Crippen molar-refractivity contribution >= 4 is 28.4 Å². The van der Waals surface area contributed by atoms with Crippen LogP contribution < -0.4 is 5.56 Å². The number of halogens is 1. The molecule has 1 aliphatic carbocycles. The van der Waals surface area contributed by atoms with Gasteiger partial charge in [0.25, 0.3) is 5.56 Å². The number of para-hydroxylation sites is 1. The molecule has 1 aromatic heterocycles. The van der Waals surface area contributed by atoms with Gasteiger partial charge in [-0.05, 0) is 62.6 Å².